The second-order valence-electron chi connectivity index (χ2n) is 4.75. The second-order valence-corrected chi connectivity index (χ2v) is 5.18. The first kappa shape index (κ1) is 14.2. The molecule has 2 aromatic rings. The van der Waals surface area contributed by atoms with E-state index in [-0.39, 0.29) is 12.1 Å². The molecule has 3 rings (SSSR count). The molecule has 0 aliphatic carbocycles. The number of aromatic amines is 1. The minimum atomic E-state index is -4.43. The number of nitrogens with zero attached hydrogens (tertiary/aromatic N) is 1. The van der Waals surface area contributed by atoms with E-state index in [0.29, 0.717) is 22.8 Å². The first-order valence-corrected chi connectivity index (χ1v) is 6.64. The van der Waals surface area contributed by atoms with Gasteiger partial charge in [-0.1, -0.05) is 23.7 Å². The molecule has 0 radical (unpaired) electrons. The maximum atomic E-state index is 12.9. The van der Waals surface area contributed by atoms with Crippen molar-refractivity contribution >= 4 is 23.3 Å². The Morgan fingerprint density at radius 3 is 2.52 bits per heavy atom. The van der Waals surface area contributed by atoms with Crippen molar-refractivity contribution in [1.82, 2.24) is 15.5 Å². The van der Waals surface area contributed by atoms with E-state index in [1.165, 1.54) is 0 Å². The van der Waals surface area contributed by atoms with Gasteiger partial charge in [-0.05, 0) is 29.3 Å². The van der Waals surface area contributed by atoms with E-state index in [2.05, 4.69) is 15.5 Å². The van der Waals surface area contributed by atoms with Gasteiger partial charge in [-0.25, -0.2) is 0 Å². The van der Waals surface area contributed by atoms with E-state index in [1.54, 1.807) is 24.3 Å². The number of halogens is 4. The number of H-pyrrole nitrogens is 1. The zero-order chi connectivity index (χ0) is 15.0. The lowest BCUT2D eigenvalue weighted by Gasteiger charge is -2.17. The third-order valence-electron chi connectivity index (χ3n) is 3.28. The van der Waals surface area contributed by atoms with Gasteiger partial charge in [-0.3, -0.25) is 5.10 Å². The Hall–Kier alpha value is -1.79. The van der Waals surface area contributed by atoms with Gasteiger partial charge in [-0.2, -0.15) is 18.3 Å². The molecule has 110 valence electrons. The van der Waals surface area contributed by atoms with E-state index in [0.717, 1.165) is 5.56 Å². The van der Waals surface area contributed by atoms with Crippen molar-refractivity contribution in [3.63, 3.8) is 0 Å². The summed E-state index contributed by atoms with van der Waals surface area (Å²) in [5.41, 5.74) is 1.32. The van der Waals surface area contributed by atoms with Crippen molar-refractivity contribution in [3.05, 3.63) is 51.8 Å². The zero-order valence-electron chi connectivity index (χ0n) is 10.8. The van der Waals surface area contributed by atoms with Crippen molar-refractivity contribution in [2.45, 2.75) is 12.7 Å². The van der Waals surface area contributed by atoms with E-state index in [4.69, 9.17) is 11.6 Å². The number of hydrogen-bond donors (Lipinski definition) is 2. The highest BCUT2D eigenvalue weighted by atomic mass is 35.5. The molecule has 2 N–H and O–H groups in total. The number of fused-ring (bicyclic) bond motifs is 1. The number of nitrogens with one attached hydrogen (secondary N) is 2. The molecule has 0 unspecified atom stereocenters. The number of alkyl halides is 3. The molecule has 0 fully saturated rings. The van der Waals surface area contributed by atoms with E-state index in [1.807, 2.05) is 6.08 Å². The van der Waals surface area contributed by atoms with Gasteiger partial charge in [0.2, 0.25) is 0 Å². The van der Waals surface area contributed by atoms with Crippen molar-refractivity contribution in [2.24, 2.45) is 0 Å². The van der Waals surface area contributed by atoms with Crippen LogP contribution in [0.3, 0.4) is 0 Å². The number of hydrogen-bond acceptors (Lipinski definition) is 2. The SMILES string of the molecule is FC(F)(F)c1[nH]nc2c1CNC/C2=C/c1ccc(Cl)cc1. The number of aromatic nitrogens is 2. The van der Waals surface area contributed by atoms with Crippen molar-refractivity contribution < 1.29 is 13.2 Å². The summed E-state index contributed by atoms with van der Waals surface area (Å²) < 4.78 is 38.6. The summed E-state index contributed by atoms with van der Waals surface area (Å²) in [6.07, 6.45) is -2.62. The standard InChI is InChI=1S/C14H11ClF3N3/c15-10-3-1-8(2-4-10)5-9-6-19-7-11-12(9)20-21-13(11)14(16,17)18/h1-5,19H,6-7H2,(H,20,21)/b9-5-. The lowest BCUT2D eigenvalue weighted by atomic mass is 9.99. The van der Waals surface area contributed by atoms with Crippen LogP contribution in [-0.2, 0) is 12.7 Å². The molecule has 0 atom stereocenters. The van der Waals surface area contributed by atoms with E-state index in [9.17, 15) is 13.2 Å². The van der Waals surface area contributed by atoms with Crippen LogP contribution < -0.4 is 5.32 Å². The molecule has 0 saturated carbocycles. The summed E-state index contributed by atoms with van der Waals surface area (Å²) in [7, 11) is 0. The van der Waals surface area contributed by atoms with Gasteiger partial charge in [0.15, 0.2) is 0 Å². The van der Waals surface area contributed by atoms with Crippen molar-refractivity contribution in [3.8, 4) is 0 Å². The van der Waals surface area contributed by atoms with E-state index >= 15 is 0 Å². The molecule has 1 aliphatic rings. The summed E-state index contributed by atoms with van der Waals surface area (Å²) in [5.74, 6) is 0. The van der Waals surface area contributed by atoms with Crippen LogP contribution in [0.25, 0.3) is 11.6 Å². The van der Waals surface area contributed by atoms with Crippen molar-refractivity contribution in [2.75, 3.05) is 6.54 Å². The monoisotopic (exact) mass is 313 g/mol. The normalized spacial score (nSPS) is 17.0. The molecule has 0 spiro atoms. The lowest BCUT2D eigenvalue weighted by molar-refractivity contribution is -0.141. The molecule has 0 amide bonds. The average molecular weight is 314 g/mol. The van der Waals surface area contributed by atoms with Gasteiger partial charge in [-0.15, -0.1) is 0 Å². The van der Waals surface area contributed by atoms with Crippen LogP contribution in [0.4, 0.5) is 13.2 Å². The molecule has 2 heterocycles. The van der Waals surface area contributed by atoms with Gasteiger partial charge in [0.05, 0.1) is 5.69 Å². The topological polar surface area (TPSA) is 40.7 Å². The van der Waals surface area contributed by atoms with Crippen LogP contribution >= 0.6 is 11.6 Å². The largest absolute Gasteiger partial charge is 0.433 e. The van der Waals surface area contributed by atoms with Gasteiger partial charge < -0.3 is 5.32 Å². The van der Waals surface area contributed by atoms with Crippen LogP contribution in [0.15, 0.2) is 24.3 Å². The number of benzene rings is 1. The summed E-state index contributed by atoms with van der Waals surface area (Å²) in [4.78, 5) is 0. The highest BCUT2D eigenvalue weighted by Gasteiger charge is 2.38. The highest BCUT2D eigenvalue weighted by Crippen LogP contribution is 2.35. The van der Waals surface area contributed by atoms with Crippen LogP contribution in [-0.4, -0.2) is 16.7 Å². The van der Waals surface area contributed by atoms with Gasteiger partial charge in [0.25, 0.3) is 0 Å². The van der Waals surface area contributed by atoms with Gasteiger partial charge in [0.1, 0.15) is 5.69 Å². The van der Waals surface area contributed by atoms with Gasteiger partial charge in [0, 0.05) is 23.7 Å². The summed E-state index contributed by atoms with van der Waals surface area (Å²) in [5, 5.41) is 9.52. The molecule has 0 saturated heterocycles. The highest BCUT2D eigenvalue weighted by molar-refractivity contribution is 6.30. The van der Waals surface area contributed by atoms with Crippen LogP contribution in [0, 0.1) is 0 Å². The zero-order valence-corrected chi connectivity index (χ0v) is 11.5. The van der Waals surface area contributed by atoms with Gasteiger partial charge >= 0.3 is 6.18 Å². The maximum absolute atomic E-state index is 12.9. The molecule has 1 aromatic carbocycles. The molecule has 3 nitrogen and oxygen atoms in total. The van der Waals surface area contributed by atoms with Crippen LogP contribution in [0.5, 0.6) is 0 Å². The predicted octanol–water partition coefficient (Wildman–Crippen LogP) is 3.73. The first-order valence-electron chi connectivity index (χ1n) is 6.27. The Kier molecular flexibility index (Phi) is 3.51. The van der Waals surface area contributed by atoms with Crippen LogP contribution in [0.2, 0.25) is 5.02 Å². The molecule has 7 heteroatoms. The summed E-state index contributed by atoms with van der Waals surface area (Å²) in [6.45, 7) is 0.621. The molecule has 1 aromatic heterocycles. The molecular formula is C14H11ClF3N3. The molecule has 1 aliphatic heterocycles. The fourth-order valence-electron chi connectivity index (χ4n) is 2.32. The van der Waals surface area contributed by atoms with E-state index < -0.39 is 11.9 Å². The fraction of sp³-hybridized carbons (Fsp3) is 0.214. The fourth-order valence-corrected chi connectivity index (χ4v) is 2.45. The molecular weight excluding hydrogens is 303 g/mol. The Labute approximate surface area is 123 Å². The quantitative estimate of drug-likeness (QED) is 0.842. The third-order valence-corrected chi connectivity index (χ3v) is 3.53. The van der Waals surface area contributed by atoms with Crippen LogP contribution in [0.1, 0.15) is 22.5 Å². The summed E-state index contributed by atoms with van der Waals surface area (Å²) >= 11 is 5.81. The Morgan fingerprint density at radius 1 is 1.14 bits per heavy atom. The smallest absolute Gasteiger partial charge is 0.308 e. The lowest BCUT2D eigenvalue weighted by Crippen LogP contribution is -2.24. The first-order chi connectivity index (χ1) is 9.95. The summed E-state index contributed by atoms with van der Waals surface area (Å²) in [6, 6.07) is 7.08. The minimum absolute atomic E-state index is 0.151. The Morgan fingerprint density at radius 2 is 1.86 bits per heavy atom. The van der Waals surface area contributed by atoms with Crippen molar-refractivity contribution in [1.29, 1.82) is 0 Å². The maximum Gasteiger partial charge on any atom is 0.433 e. The Balaban J connectivity index is 2.01. The molecule has 0 bridgehead atoms. The number of rotatable bonds is 1. The molecule has 21 heavy (non-hydrogen) atoms. The minimum Gasteiger partial charge on any atom is -0.308 e. The third kappa shape index (κ3) is 2.82. The second kappa shape index (κ2) is 5.20. The average Bonchev–Trinajstić information content (AvgIpc) is 2.86. The predicted molar refractivity (Wildman–Crippen MR) is 74.6 cm³/mol. The Bertz CT molecular complexity index is 686.